The number of hydrogen-bond acceptors (Lipinski definition) is 6. The van der Waals surface area contributed by atoms with Gasteiger partial charge >= 0.3 is 5.97 Å². The molecular weight excluding hydrogens is 406 g/mol. The van der Waals surface area contributed by atoms with Crippen LogP contribution in [0.15, 0.2) is 30.6 Å². The average molecular weight is 434 g/mol. The summed E-state index contributed by atoms with van der Waals surface area (Å²) >= 11 is 0. The largest absolute Gasteiger partial charge is 0.481 e. The maximum atomic E-state index is 12.3. The zero-order valence-electron chi connectivity index (χ0n) is 18.6. The monoisotopic (exact) mass is 433 g/mol. The van der Waals surface area contributed by atoms with E-state index in [0.29, 0.717) is 24.3 Å². The van der Waals surface area contributed by atoms with Crippen molar-refractivity contribution >= 4 is 5.97 Å². The standard InChI is InChI=1S/C24H27N5O3/c1-28-12-24(25,13-28)9-19-21(23(30)31)16-6-4-14-10-26-18(8-17(14)22(16)29(19)2)15-5-7-20(32-3)27-11-15/h5,7-8,10-11H,4,6,9,12-13,25H2,1-3H3,(H,30,31). The summed E-state index contributed by atoms with van der Waals surface area (Å²) in [4.78, 5) is 23.4. The second-order valence-corrected chi connectivity index (χ2v) is 9.04. The fourth-order valence-corrected chi connectivity index (χ4v) is 5.29. The van der Waals surface area contributed by atoms with Crippen LogP contribution in [-0.4, -0.2) is 63.3 Å². The third-order valence-corrected chi connectivity index (χ3v) is 6.65. The van der Waals surface area contributed by atoms with E-state index in [1.807, 2.05) is 37.0 Å². The van der Waals surface area contributed by atoms with Crippen LogP contribution in [0.1, 0.15) is 27.2 Å². The van der Waals surface area contributed by atoms with Gasteiger partial charge in [-0.15, -0.1) is 0 Å². The molecule has 0 unspecified atom stereocenters. The molecule has 8 nitrogen and oxygen atoms in total. The maximum Gasteiger partial charge on any atom is 0.337 e. The lowest BCUT2D eigenvalue weighted by Gasteiger charge is -2.46. The first-order valence-electron chi connectivity index (χ1n) is 10.7. The molecule has 166 valence electrons. The van der Waals surface area contributed by atoms with Gasteiger partial charge in [0, 0.05) is 67.4 Å². The van der Waals surface area contributed by atoms with Gasteiger partial charge in [-0.3, -0.25) is 4.98 Å². The predicted octanol–water partition coefficient (Wildman–Crippen LogP) is 2.14. The van der Waals surface area contributed by atoms with Gasteiger partial charge in [-0.05, 0) is 43.1 Å². The van der Waals surface area contributed by atoms with Crippen LogP contribution in [0, 0.1) is 0 Å². The van der Waals surface area contributed by atoms with Gasteiger partial charge < -0.3 is 25.0 Å². The lowest BCUT2D eigenvalue weighted by atomic mass is 9.84. The topological polar surface area (TPSA) is 106 Å². The summed E-state index contributed by atoms with van der Waals surface area (Å²) < 4.78 is 7.19. The SMILES string of the molecule is COc1ccc(-c2cc3c(cn2)CCc2c(C(=O)O)c(CC4(N)CN(C)C4)n(C)c2-3)cn1. The van der Waals surface area contributed by atoms with Crippen molar-refractivity contribution in [2.75, 3.05) is 27.2 Å². The third-order valence-electron chi connectivity index (χ3n) is 6.65. The summed E-state index contributed by atoms with van der Waals surface area (Å²) in [5, 5.41) is 10.1. The van der Waals surface area contributed by atoms with Crippen molar-refractivity contribution in [1.82, 2.24) is 19.4 Å². The number of hydrogen-bond donors (Lipinski definition) is 2. The molecular formula is C24H27N5O3. The van der Waals surface area contributed by atoms with Gasteiger partial charge in [-0.2, -0.15) is 0 Å². The Morgan fingerprint density at radius 2 is 2.00 bits per heavy atom. The van der Waals surface area contributed by atoms with E-state index in [2.05, 4.69) is 14.9 Å². The molecule has 3 N–H and O–H groups in total. The van der Waals surface area contributed by atoms with E-state index in [4.69, 9.17) is 10.5 Å². The van der Waals surface area contributed by atoms with E-state index < -0.39 is 11.5 Å². The van der Waals surface area contributed by atoms with Crippen molar-refractivity contribution in [1.29, 1.82) is 0 Å². The van der Waals surface area contributed by atoms with E-state index >= 15 is 0 Å². The highest BCUT2D eigenvalue weighted by Crippen LogP contribution is 2.40. The van der Waals surface area contributed by atoms with E-state index in [-0.39, 0.29) is 0 Å². The van der Waals surface area contributed by atoms with Crippen LogP contribution >= 0.6 is 0 Å². The van der Waals surface area contributed by atoms with Gasteiger partial charge in [-0.25, -0.2) is 9.78 Å². The number of likely N-dealkylation sites (N-methyl/N-ethyl adjacent to an activating group) is 1. The summed E-state index contributed by atoms with van der Waals surface area (Å²) in [6.45, 7) is 1.52. The Morgan fingerprint density at radius 1 is 1.22 bits per heavy atom. The fraction of sp³-hybridized carbons (Fsp3) is 0.375. The highest BCUT2D eigenvalue weighted by Gasteiger charge is 2.40. The smallest absolute Gasteiger partial charge is 0.337 e. The van der Waals surface area contributed by atoms with Crippen LogP contribution in [0.25, 0.3) is 22.5 Å². The molecule has 1 aliphatic carbocycles. The average Bonchev–Trinajstić information content (AvgIpc) is 3.04. The lowest BCUT2D eigenvalue weighted by Crippen LogP contribution is -2.67. The summed E-state index contributed by atoms with van der Waals surface area (Å²) in [6.07, 6.45) is 5.62. The Morgan fingerprint density at radius 3 is 2.62 bits per heavy atom. The number of nitrogens with two attached hydrogens (primary N) is 1. The number of carboxylic acid groups (broad SMARTS) is 1. The lowest BCUT2D eigenvalue weighted by molar-refractivity contribution is 0.0690. The fourth-order valence-electron chi connectivity index (χ4n) is 5.29. The van der Waals surface area contributed by atoms with Gasteiger partial charge in [0.25, 0.3) is 0 Å². The zero-order chi connectivity index (χ0) is 22.6. The number of carbonyl (C=O) groups is 1. The number of likely N-dealkylation sites (tertiary alicyclic amines) is 1. The van der Waals surface area contributed by atoms with Gasteiger partial charge in [0.1, 0.15) is 0 Å². The Balaban J connectivity index is 1.62. The number of ether oxygens (including phenoxy) is 1. The molecule has 1 fully saturated rings. The van der Waals surface area contributed by atoms with Crippen LogP contribution in [0.3, 0.4) is 0 Å². The zero-order valence-corrected chi connectivity index (χ0v) is 18.6. The first kappa shape index (κ1) is 20.7. The van der Waals surface area contributed by atoms with E-state index in [0.717, 1.165) is 58.8 Å². The Bertz CT molecular complexity index is 1210. The minimum atomic E-state index is -0.884. The minimum Gasteiger partial charge on any atom is -0.481 e. The molecule has 0 radical (unpaired) electrons. The third kappa shape index (κ3) is 3.27. The number of rotatable bonds is 5. The van der Waals surface area contributed by atoms with Crippen molar-refractivity contribution in [3.8, 4) is 28.4 Å². The summed E-state index contributed by atoms with van der Waals surface area (Å²) in [6, 6.07) is 5.78. The normalized spacial score (nSPS) is 16.8. The molecule has 32 heavy (non-hydrogen) atoms. The van der Waals surface area contributed by atoms with Crippen molar-refractivity contribution < 1.29 is 14.6 Å². The number of aryl methyl sites for hydroxylation is 1. The summed E-state index contributed by atoms with van der Waals surface area (Å²) in [5.41, 5.74) is 13.1. The van der Waals surface area contributed by atoms with E-state index in [9.17, 15) is 9.90 Å². The van der Waals surface area contributed by atoms with Crippen molar-refractivity contribution in [2.24, 2.45) is 12.8 Å². The molecule has 4 heterocycles. The quantitative estimate of drug-likeness (QED) is 0.635. The Hall–Kier alpha value is -3.23. The maximum absolute atomic E-state index is 12.3. The summed E-state index contributed by atoms with van der Waals surface area (Å²) in [7, 11) is 5.56. The highest BCUT2D eigenvalue weighted by molar-refractivity contribution is 5.95. The van der Waals surface area contributed by atoms with Crippen LogP contribution in [0.5, 0.6) is 5.88 Å². The molecule has 1 aliphatic heterocycles. The van der Waals surface area contributed by atoms with Crippen LogP contribution in [0.4, 0.5) is 0 Å². The first-order chi connectivity index (χ1) is 15.3. The molecule has 3 aromatic rings. The van der Waals surface area contributed by atoms with Gasteiger partial charge in [0.05, 0.1) is 24.1 Å². The van der Waals surface area contributed by atoms with E-state index in [1.165, 1.54) is 0 Å². The van der Waals surface area contributed by atoms with Crippen molar-refractivity contribution in [3.05, 3.63) is 53.0 Å². The molecule has 8 heteroatoms. The molecule has 0 atom stereocenters. The molecule has 0 aromatic carbocycles. The van der Waals surface area contributed by atoms with E-state index in [1.54, 1.807) is 19.4 Å². The van der Waals surface area contributed by atoms with Gasteiger partial charge in [0.2, 0.25) is 5.88 Å². The number of fused-ring (bicyclic) bond motifs is 3. The van der Waals surface area contributed by atoms with Gasteiger partial charge in [0.15, 0.2) is 0 Å². The number of aromatic carboxylic acids is 1. The molecule has 0 spiro atoms. The molecule has 0 amide bonds. The first-order valence-corrected chi connectivity index (χ1v) is 10.7. The van der Waals surface area contributed by atoms with Crippen LogP contribution < -0.4 is 10.5 Å². The highest BCUT2D eigenvalue weighted by atomic mass is 16.5. The second kappa shape index (κ2) is 7.43. The molecule has 0 bridgehead atoms. The Labute approximate surface area is 186 Å². The van der Waals surface area contributed by atoms with Crippen molar-refractivity contribution in [3.63, 3.8) is 0 Å². The molecule has 1 saturated heterocycles. The number of aromatic nitrogens is 3. The predicted molar refractivity (Wildman–Crippen MR) is 121 cm³/mol. The molecule has 2 aliphatic rings. The molecule has 5 rings (SSSR count). The second-order valence-electron chi connectivity index (χ2n) is 9.04. The number of nitrogens with zero attached hydrogens (tertiary/aromatic N) is 4. The van der Waals surface area contributed by atoms with Crippen molar-refractivity contribution in [2.45, 2.75) is 24.8 Å². The number of methoxy groups -OCH3 is 1. The molecule has 3 aromatic heterocycles. The molecule has 0 saturated carbocycles. The minimum absolute atomic E-state index is 0.394. The van der Waals surface area contributed by atoms with Crippen LogP contribution in [-0.2, 0) is 26.3 Å². The summed E-state index contributed by atoms with van der Waals surface area (Å²) in [5.74, 6) is -0.338. The number of carboxylic acids is 1. The number of pyridine rings is 2. The van der Waals surface area contributed by atoms with Crippen LogP contribution in [0.2, 0.25) is 0 Å². The van der Waals surface area contributed by atoms with Gasteiger partial charge in [-0.1, -0.05) is 0 Å². The Kier molecular flexibility index (Phi) is 4.79.